The highest BCUT2D eigenvalue weighted by atomic mass is 32.2. The standard InChI is InChI=1S/C41H50F3N5O9S/c1-4-5-6-7-8-10-26-15-18-40(26,36(52)48-59(54,55)38(3)19-20-38)47-35(51)32-22-39(24-49(32)33(50)23-45-37(53)56-27-11-9-12-27)17-16-29-30-21-28(57-41(42,43)44)13-14-31(30)46-25(2)34(29)58-39/h8,10,13-15,18,21,26-27,32H,4-7,9,11-12,16-17,19-20,22-24H2,1-3H3,(H,45,53)(H,47,51)(H,48,52). The molecule has 4 amide bonds. The van der Waals surface area contributed by atoms with Crippen LogP contribution in [0.4, 0.5) is 18.0 Å². The zero-order valence-corrected chi connectivity index (χ0v) is 34.1. The van der Waals surface area contributed by atoms with E-state index < -0.39 is 80.3 Å². The van der Waals surface area contributed by atoms with E-state index in [9.17, 15) is 40.8 Å². The lowest BCUT2D eigenvalue weighted by Crippen LogP contribution is -2.67. The third kappa shape index (κ3) is 8.73. The van der Waals surface area contributed by atoms with Crippen molar-refractivity contribution in [3.8, 4) is 11.5 Å². The van der Waals surface area contributed by atoms with Crippen LogP contribution in [-0.2, 0) is 35.6 Å². The molecule has 1 saturated heterocycles. The number of pyridine rings is 1. The van der Waals surface area contributed by atoms with E-state index >= 15 is 0 Å². The number of nitrogens with zero attached hydrogens (tertiary/aromatic N) is 2. The number of likely N-dealkylation sites (tertiary alicyclic amines) is 1. The number of alkyl halides is 3. The first-order valence-corrected chi connectivity index (χ1v) is 21.7. The van der Waals surface area contributed by atoms with E-state index in [0.717, 1.165) is 38.5 Å². The van der Waals surface area contributed by atoms with Gasteiger partial charge in [0.15, 0.2) is 0 Å². The Labute approximate surface area is 340 Å². The summed E-state index contributed by atoms with van der Waals surface area (Å²) in [5, 5.41) is 5.70. The van der Waals surface area contributed by atoms with E-state index in [1.165, 1.54) is 29.2 Å². The average molecular weight is 846 g/mol. The van der Waals surface area contributed by atoms with Gasteiger partial charge in [-0.1, -0.05) is 44.1 Å². The number of hydrogen-bond acceptors (Lipinski definition) is 10. The van der Waals surface area contributed by atoms with Gasteiger partial charge >= 0.3 is 12.5 Å². The van der Waals surface area contributed by atoms with Crippen LogP contribution in [0.25, 0.3) is 10.9 Å². The summed E-state index contributed by atoms with van der Waals surface area (Å²) >= 11 is 0. The highest BCUT2D eigenvalue weighted by Crippen LogP contribution is 2.46. The SMILES string of the molecule is CCCCCC=CC1C=CC1(NC(=O)C1CC2(CCc3c(c(C)nc4ccc(OC(F)(F)F)cc34)O2)CN1C(=O)CNC(=O)OC1CCC1)C(=O)NS(=O)(=O)C1(C)CC1. The summed E-state index contributed by atoms with van der Waals surface area (Å²) < 4.78 is 83.2. The summed E-state index contributed by atoms with van der Waals surface area (Å²) in [7, 11) is -4.10. The number of hydrogen-bond donors (Lipinski definition) is 3. The summed E-state index contributed by atoms with van der Waals surface area (Å²) in [6.07, 6.45) is 8.08. The highest BCUT2D eigenvalue weighted by Gasteiger charge is 2.57. The number of allylic oxidation sites excluding steroid dienone is 1. The van der Waals surface area contributed by atoms with Crippen LogP contribution in [0, 0.1) is 12.8 Å². The molecule has 4 atom stereocenters. The maximum atomic E-state index is 14.6. The zero-order chi connectivity index (χ0) is 42.4. The van der Waals surface area contributed by atoms with E-state index in [1.807, 2.05) is 6.08 Å². The van der Waals surface area contributed by atoms with Gasteiger partial charge in [-0.2, -0.15) is 0 Å². The van der Waals surface area contributed by atoms with Crippen LogP contribution < -0.4 is 24.8 Å². The second kappa shape index (κ2) is 16.0. The molecular formula is C41H50F3N5O9S. The Kier molecular flexibility index (Phi) is 11.4. The van der Waals surface area contributed by atoms with Gasteiger partial charge in [0.25, 0.3) is 5.91 Å². The number of ether oxygens (including phenoxy) is 3. The fourth-order valence-corrected chi connectivity index (χ4v) is 9.40. The van der Waals surface area contributed by atoms with Gasteiger partial charge in [0.1, 0.15) is 41.3 Å². The molecule has 7 rings (SSSR count). The predicted molar refractivity (Wildman–Crippen MR) is 209 cm³/mol. The summed E-state index contributed by atoms with van der Waals surface area (Å²) in [5.41, 5.74) is -1.53. The smallest absolute Gasteiger partial charge is 0.483 e. The van der Waals surface area contributed by atoms with Crippen molar-refractivity contribution < 1.29 is 55.0 Å². The van der Waals surface area contributed by atoms with Crippen molar-refractivity contribution in [2.24, 2.45) is 5.92 Å². The summed E-state index contributed by atoms with van der Waals surface area (Å²) in [6.45, 7) is 4.67. The fraction of sp³-hybridized carbons (Fsp3) is 0.585. The van der Waals surface area contributed by atoms with E-state index in [4.69, 9.17) is 9.47 Å². The molecule has 320 valence electrons. The number of fused-ring (bicyclic) bond motifs is 3. The summed E-state index contributed by atoms with van der Waals surface area (Å²) in [4.78, 5) is 61.1. The van der Waals surface area contributed by atoms with Crippen molar-refractivity contribution in [1.82, 2.24) is 25.2 Å². The monoisotopic (exact) mass is 845 g/mol. The average Bonchev–Trinajstić information content (AvgIpc) is 3.81. The molecule has 18 heteroatoms. The van der Waals surface area contributed by atoms with E-state index in [0.29, 0.717) is 47.2 Å². The van der Waals surface area contributed by atoms with Crippen molar-refractivity contribution in [3.05, 3.63) is 53.8 Å². The summed E-state index contributed by atoms with van der Waals surface area (Å²) in [5.74, 6) is -3.14. The number of aromatic nitrogens is 1. The van der Waals surface area contributed by atoms with Gasteiger partial charge in [0.05, 0.1) is 22.5 Å². The minimum absolute atomic E-state index is 0.0689. The third-order valence-electron chi connectivity index (χ3n) is 12.2. The van der Waals surface area contributed by atoms with Crippen molar-refractivity contribution in [2.45, 2.75) is 132 Å². The molecular weight excluding hydrogens is 796 g/mol. The Morgan fingerprint density at radius 1 is 1.12 bits per heavy atom. The first-order chi connectivity index (χ1) is 27.9. The van der Waals surface area contributed by atoms with Gasteiger partial charge in [-0.25, -0.2) is 18.2 Å². The molecule has 0 radical (unpaired) electrons. The number of sulfonamides is 1. The van der Waals surface area contributed by atoms with Gasteiger partial charge < -0.3 is 29.7 Å². The normalized spacial score (nSPS) is 25.8. The molecule has 2 aliphatic heterocycles. The number of nitrogens with one attached hydrogen (secondary N) is 3. The number of unbranched alkanes of at least 4 members (excludes halogenated alkanes) is 3. The molecule has 1 aromatic carbocycles. The lowest BCUT2D eigenvalue weighted by atomic mass is 9.73. The second-order valence-electron chi connectivity index (χ2n) is 16.6. The predicted octanol–water partition coefficient (Wildman–Crippen LogP) is 5.56. The number of halogens is 3. The van der Waals surface area contributed by atoms with Crippen LogP contribution in [0.1, 0.15) is 95.7 Å². The largest absolute Gasteiger partial charge is 0.573 e. The van der Waals surface area contributed by atoms with E-state index in [-0.39, 0.29) is 31.9 Å². The molecule has 0 bridgehead atoms. The molecule has 59 heavy (non-hydrogen) atoms. The number of amides is 4. The minimum atomic E-state index is -4.91. The third-order valence-corrected chi connectivity index (χ3v) is 14.4. The number of alkyl carbamates (subject to hydrolysis) is 1. The highest BCUT2D eigenvalue weighted by molar-refractivity contribution is 7.91. The van der Waals surface area contributed by atoms with E-state index in [1.54, 1.807) is 26.0 Å². The topological polar surface area (TPSA) is 182 Å². The van der Waals surface area contributed by atoms with Crippen LogP contribution in [-0.4, -0.2) is 89.6 Å². The lowest BCUT2D eigenvalue weighted by molar-refractivity contribution is -0.274. The molecule has 3 aliphatic carbocycles. The molecule has 4 unspecified atom stereocenters. The molecule has 5 aliphatic rings. The van der Waals surface area contributed by atoms with Crippen molar-refractivity contribution in [2.75, 3.05) is 13.1 Å². The lowest BCUT2D eigenvalue weighted by Gasteiger charge is -2.42. The Morgan fingerprint density at radius 3 is 2.53 bits per heavy atom. The molecule has 2 aromatic rings. The number of benzene rings is 1. The van der Waals surface area contributed by atoms with Gasteiger partial charge in [-0.3, -0.25) is 19.1 Å². The fourth-order valence-electron chi connectivity index (χ4n) is 8.10. The molecule has 3 N–H and O–H groups in total. The van der Waals surface area contributed by atoms with Gasteiger partial charge in [0, 0.05) is 23.3 Å². The maximum Gasteiger partial charge on any atom is 0.573 e. The molecule has 3 fully saturated rings. The quantitative estimate of drug-likeness (QED) is 0.161. The van der Waals surface area contributed by atoms with Gasteiger partial charge in [-0.05, 0) is 89.8 Å². The number of rotatable bonds is 14. The van der Waals surface area contributed by atoms with Crippen LogP contribution in [0.2, 0.25) is 0 Å². The number of carbonyl (C=O) groups is 4. The Hall–Kier alpha value is -4.87. The van der Waals surface area contributed by atoms with Crippen molar-refractivity contribution in [1.29, 1.82) is 0 Å². The zero-order valence-electron chi connectivity index (χ0n) is 33.3. The minimum Gasteiger partial charge on any atom is -0.483 e. The Morgan fingerprint density at radius 2 is 1.88 bits per heavy atom. The van der Waals surface area contributed by atoms with Gasteiger partial charge in [-0.15, -0.1) is 13.2 Å². The summed E-state index contributed by atoms with van der Waals surface area (Å²) in [6, 6.07) is 2.61. The Bertz CT molecular complexity index is 2190. The van der Waals surface area contributed by atoms with Gasteiger partial charge in [0.2, 0.25) is 21.8 Å². The van der Waals surface area contributed by atoms with Crippen LogP contribution >= 0.6 is 0 Å². The molecule has 2 saturated carbocycles. The second-order valence-corrected chi connectivity index (χ2v) is 18.8. The molecule has 1 aromatic heterocycles. The molecule has 14 nitrogen and oxygen atoms in total. The maximum absolute atomic E-state index is 14.6. The first-order valence-electron chi connectivity index (χ1n) is 20.2. The van der Waals surface area contributed by atoms with Crippen LogP contribution in [0.5, 0.6) is 11.5 Å². The molecule has 1 spiro atoms. The van der Waals surface area contributed by atoms with Crippen LogP contribution in [0.15, 0.2) is 42.5 Å². The first kappa shape index (κ1) is 42.3. The molecule has 3 heterocycles. The Balaban J connectivity index is 1.17. The van der Waals surface area contributed by atoms with Crippen LogP contribution in [0.3, 0.4) is 0 Å². The van der Waals surface area contributed by atoms with Crippen molar-refractivity contribution >= 4 is 44.7 Å². The van der Waals surface area contributed by atoms with Crippen molar-refractivity contribution in [3.63, 3.8) is 0 Å². The van der Waals surface area contributed by atoms with E-state index in [2.05, 4.69) is 32.0 Å². The number of aryl methyl sites for hydroxylation is 2. The number of carbonyl (C=O) groups excluding carboxylic acids is 4.